The summed E-state index contributed by atoms with van der Waals surface area (Å²) in [5.74, 6) is 0.327. The summed E-state index contributed by atoms with van der Waals surface area (Å²) in [4.78, 5) is 16.7. The maximum atomic E-state index is 12.2. The van der Waals surface area contributed by atoms with Crippen LogP contribution in [-0.2, 0) is 14.6 Å². The van der Waals surface area contributed by atoms with Crippen molar-refractivity contribution < 1.29 is 17.9 Å². The number of hydrogen-bond acceptors (Lipinski definition) is 6. The number of carbonyl (C=O) groups excluding carboxylic acids is 1. The number of ether oxygens (including phenoxy) is 1. The number of rotatable bonds is 3. The minimum absolute atomic E-state index is 0.0741. The van der Waals surface area contributed by atoms with Crippen LogP contribution in [0.25, 0.3) is 11.0 Å². The molecule has 118 valence electrons. The highest BCUT2D eigenvalue weighted by Crippen LogP contribution is 2.32. The molecule has 1 aromatic carbocycles. The number of benzene rings is 1. The summed E-state index contributed by atoms with van der Waals surface area (Å²) < 4.78 is 29.7. The van der Waals surface area contributed by atoms with Crippen LogP contribution in [0.15, 0.2) is 29.4 Å². The third-order valence-corrected chi connectivity index (χ3v) is 6.64. The number of imidazole rings is 1. The van der Waals surface area contributed by atoms with E-state index in [9.17, 15) is 13.2 Å². The van der Waals surface area contributed by atoms with Crippen LogP contribution in [-0.4, -0.2) is 47.4 Å². The van der Waals surface area contributed by atoms with Gasteiger partial charge < -0.3 is 4.74 Å². The van der Waals surface area contributed by atoms with Gasteiger partial charge in [0.05, 0.1) is 29.1 Å². The van der Waals surface area contributed by atoms with Gasteiger partial charge in [-0.3, -0.25) is 0 Å². The van der Waals surface area contributed by atoms with Crippen molar-refractivity contribution in [3.8, 4) is 0 Å². The zero-order chi connectivity index (χ0) is 15.7. The van der Waals surface area contributed by atoms with Crippen LogP contribution in [0, 0.1) is 0 Å². The zero-order valence-electron chi connectivity index (χ0n) is 12.1. The van der Waals surface area contributed by atoms with Gasteiger partial charge in [-0.1, -0.05) is 23.9 Å². The fraction of sp³-hybridized carbons (Fsp3) is 0.429. The summed E-state index contributed by atoms with van der Waals surface area (Å²) in [6.45, 7) is 2.01. The van der Waals surface area contributed by atoms with Gasteiger partial charge in [0.25, 0.3) is 0 Å². The number of nitrogens with zero attached hydrogens (tertiary/aromatic N) is 2. The Morgan fingerprint density at radius 3 is 2.91 bits per heavy atom. The van der Waals surface area contributed by atoms with Crippen LogP contribution in [0.2, 0.25) is 0 Å². The lowest BCUT2D eigenvalue weighted by atomic mass is 10.3. The molecule has 2 aromatic rings. The number of fused-ring (bicyclic) bond motifs is 1. The maximum Gasteiger partial charge on any atom is 0.420 e. The molecule has 22 heavy (non-hydrogen) atoms. The van der Waals surface area contributed by atoms with Crippen molar-refractivity contribution in [1.82, 2.24) is 9.55 Å². The third kappa shape index (κ3) is 2.98. The first-order chi connectivity index (χ1) is 10.5. The highest BCUT2D eigenvalue weighted by atomic mass is 32.2. The molecule has 0 N–H and O–H groups in total. The van der Waals surface area contributed by atoms with Crippen molar-refractivity contribution in [2.24, 2.45) is 0 Å². The van der Waals surface area contributed by atoms with Gasteiger partial charge in [0.1, 0.15) is 0 Å². The average molecular weight is 340 g/mol. The lowest BCUT2D eigenvalue weighted by Crippen LogP contribution is -2.16. The quantitative estimate of drug-likeness (QED) is 0.853. The van der Waals surface area contributed by atoms with Gasteiger partial charge >= 0.3 is 6.09 Å². The molecular formula is C14H16N2O4S2. The molecule has 0 amide bonds. The molecule has 0 saturated carbocycles. The van der Waals surface area contributed by atoms with Gasteiger partial charge in [0, 0.05) is 5.25 Å². The molecule has 8 heteroatoms. The first-order valence-electron chi connectivity index (χ1n) is 7.02. The summed E-state index contributed by atoms with van der Waals surface area (Å²) in [6.07, 6.45) is 0.0958. The molecular weight excluding hydrogens is 324 g/mol. The second-order valence-electron chi connectivity index (χ2n) is 5.06. The molecule has 1 saturated heterocycles. The number of sulfone groups is 1. The smallest absolute Gasteiger partial charge is 0.420 e. The Bertz CT molecular complexity index is 813. The largest absolute Gasteiger partial charge is 0.449 e. The molecule has 2 heterocycles. The van der Waals surface area contributed by atoms with E-state index in [0.717, 1.165) is 0 Å². The standard InChI is InChI=1S/C14H16N2O4S2/c1-2-20-14(17)16-12-6-4-3-5-11(12)15-13(16)21-10-7-8-22(18,19)9-10/h3-6,10H,2,7-9H2,1H3. The number of aromatic nitrogens is 2. The predicted molar refractivity (Wildman–Crippen MR) is 85.1 cm³/mol. The summed E-state index contributed by atoms with van der Waals surface area (Å²) in [5, 5.41) is 0.414. The van der Waals surface area contributed by atoms with Gasteiger partial charge in [-0.05, 0) is 25.5 Å². The molecule has 0 aliphatic carbocycles. The van der Waals surface area contributed by atoms with Crippen molar-refractivity contribution in [3.05, 3.63) is 24.3 Å². The second-order valence-corrected chi connectivity index (χ2v) is 8.56. The number of thioether (sulfide) groups is 1. The third-order valence-electron chi connectivity index (χ3n) is 3.44. The monoisotopic (exact) mass is 340 g/mol. The zero-order valence-corrected chi connectivity index (χ0v) is 13.7. The molecule has 3 rings (SSSR count). The molecule has 0 spiro atoms. The minimum atomic E-state index is -2.96. The van der Waals surface area contributed by atoms with Gasteiger partial charge in [0.15, 0.2) is 15.0 Å². The Hall–Kier alpha value is -1.54. The fourth-order valence-corrected chi connectivity index (χ4v) is 6.00. The van der Waals surface area contributed by atoms with Gasteiger partial charge in [-0.15, -0.1) is 0 Å². The molecule has 1 aliphatic heterocycles. The predicted octanol–water partition coefficient (Wildman–Crippen LogP) is 2.32. The second kappa shape index (κ2) is 5.92. The first-order valence-corrected chi connectivity index (χ1v) is 9.72. The van der Waals surface area contributed by atoms with E-state index in [2.05, 4.69) is 4.98 Å². The van der Waals surface area contributed by atoms with Crippen LogP contribution in [0.1, 0.15) is 13.3 Å². The Labute approximate surface area is 132 Å². The van der Waals surface area contributed by atoms with E-state index in [1.807, 2.05) is 18.2 Å². The van der Waals surface area contributed by atoms with Crippen molar-refractivity contribution in [1.29, 1.82) is 0 Å². The molecule has 0 bridgehead atoms. The van der Waals surface area contributed by atoms with Gasteiger partial charge in [0.2, 0.25) is 0 Å². The van der Waals surface area contributed by atoms with Gasteiger partial charge in [-0.25, -0.2) is 22.8 Å². The van der Waals surface area contributed by atoms with E-state index in [1.165, 1.54) is 16.3 Å². The van der Waals surface area contributed by atoms with E-state index in [4.69, 9.17) is 4.74 Å². The number of para-hydroxylation sites is 2. The summed E-state index contributed by atoms with van der Waals surface area (Å²) in [7, 11) is -2.96. The average Bonchev–Trinajstić information content (AvgIpc) is 2.99. The summed E-state index contributed by atoms with van der Waals surface area (Å²) in [5.41, 5.74) is 1.36. The van der Waals surface area contributed by atoms with Crippen LogP contribution < -0.4 is 0 Å². The van der Waals surface area contributed by atoms with E-state index in [1.54, 1.807) is 13.0 Å². The lowest BCUT2D eigenvalue weighted by molar-refractivity contribution is 0.152. The Kier molecular flexibility index (Phi) is 4.14. The van der Waals surface area contributed by atoms with Crippen LogP contribution >= 0.6 is 11.8 Å². The summed E-state index contributed by atoms with van der Waals surface area (Å²) >= 11 is 1.33. The van der Waals surface area contributed by atoms with Crippen LogP contribution in [0.4, 0.5) is 4.79 Å². The van der Waals surface area contributed by atoms with Crippen molar-refractivity contribution in [2.45, 2.75) is 23.8 Å². The van der Waals surface area contributed by atoms with Gasteiger partial charge in [-0.2, -0.15) is 0 Å². The van der Waals surface area contributed by atoms with E-state index in [0.29, 0.717) is 22.6 Å². The SMILES string of the molecule is CCOC(=O)n1c(SC2CCS(=O)(=O)C2)nc2ccccc21. The number of hydrogen-bond donors (Lipinski definition) is 0. The molecule has 1 atom stereocenters. The lowest BCUT2D eigenvalue weighted by Gasteiger charge is -2.09. The van der Waals surface area contributed by atoms with Crippen molar-refractivity contribution in [3.63, 3.8) is 0 Å². The minimum Gasteiger partial charge on any atom is -0.449 e. The van der Waals surface area contributed by atoms with Crippen LogP contribution in [0.5, 0.6) is 0 Å². The highest BCUT2D eigenvalue weighted by molar-refractivity contribution is 8.01. The molecule has 0 radical (unpaired) electrons. The molecule has 1 aromatic heterocycles. The molecule has 1 aliphatic rings. The van der Waals surface area contributed by atoms with E-state index < -0.39 is 15.9 Å². The molecule has 1 unspecified atom stereocenters. The molecule has 6 nitrogen and oxygen atoms in total. The Morgan fingerprint density at radius 1 is 1.45 bits per heavy atom. The maximum absolute atomic E-state index is 12.2. The Morgan fingerprint density at radius 2 is 2.23 bits per heavy atom. The first kappa shape index (κ1) is 15.4. The fourth-order valence-electron chi connectivity index (χ4n) is 2.45. The topological polar surface area (TPSA) is 78.3 Å². The normalized spacial score (nSPS) is 20.3. The Balaban J connectivity index is 1.97. The van der Waals surface area contributed by atoms with Crippen LogP contribution in [0.3, 0.4) is 0 Å². The number of carbonyl (C=O) groups is 1. The van der Waals surface area contributed by atoms with E-state index in [-0.39, 0.29) is 23.4 Å². The molecule has 1 fully saturated rings. The van der Waals surface area contributed by atoms with Crippen molar-refractivity contribution in [2.75, 3.05) is 18.1 Å². The highest BCUT2D eigenvalue weighted by Gasteiger charge is 2.31. The van der Waals surface area contributed by atoms with E-state index >= 15 is 0 Å². The summed E-state index contributed by atoms with van der Waals surface area (Å²) in [6, 6.07) is 7.29. The van der Waals surface area contributed by atoms with Crippen molar-refractivity contribution >= 4 is 38.7 Å².